The molecule has 0 spiro atoms. The van der Waals surface area contributed by atoms with E-state index in [9.17, 15) is 9.59 Å². The van der Waals surface area contributed by atoms with Crippen molar-refractivity contribution in [3.63, 3.8) is 0 Å². The maximum atomic E-state index is 11.6. The highest BCUT2D eigenvalue weighted by atomic mass is 32.1. The predicted octanol–water partition coefficient (Wildman–Crippen LogP) is 1.37. The molecule has 2 amide bonds. The van der Waals surface area contributed by atoms with Gasteiger partial charge in [0.2, 0.25) is 0 Å². The standard InChI is InChI=1S/C12H18N4O3S/c1-7-9(10(17)13-2)20-11(14-7)15-8-3-5-16(6-4-8)12(18)19/h8H,3-6H2,1-2H3,(H,13,17)(H,14,15)(H,18,19). The van der Waals surface area contributed by atoms with E-state index >= 15 is 0 Å². The average molecular weight is 298 g/mol. The van der Waals surface area contributed by atoms with Crippen molar-refractivity contribution in [2.75, 3.05) is 25.5 Å². The second-order valence-corrected chi connectivity index (χ2v) is 5.70. The fourth-order valence-electron chi connectivity index (χ4n) is 2.17. The number of hydrogen-bond donors (Lipinski definition) is 3. The molecule has 1 saturated heterocycles. The summed E-state index contributed by atoms with van der Waals surface area (Å²) in [6, 6.07) is 0.202. The van der Waals surface area contributed by atoms with Gasteiger partial charge in [-0.15, -0.1) is 0 Å². The summed E-state index contributed by atoms with van der Waals surface area (Å²) in [5.74, 6) is -0.131. The first-order chi connectivity index (χ1) is 9.51. The van der Waals surface area contributed by atoms with Crippen LogP contribution >= 0.6 is 11.3 Å². The van der Waals surface area contributed by atoms with Gasteiger partial charge < -0.3 is 20.6 Å². The number of rotatable bonds is 3. The third-order valence-electron chi connectivity index (χ3n) is 3.32. The lowest BCUT2D eigenvalue weighted by molar-refractivity contribution is 0.0966. The van der Waals surface area contributed by atoms with Crippen molar-refractivity contribution in [1.82, 2.24) is 15.2 Å². The van der Waals surface area contributed by atoms with E-state index in [1.807, 2.05) is 0 Å². The molecule has 1 fully saturated rings. The van der Waals surface area contributed by atoms with Crippen molar-refractivity contribution < 1.29 is 14.7 Å². The van der Waals surface area contributed by atoms with Crippen molar-refractivity contribution in [3.8, 4) is 0 Å². The van der Waals surface area contributed by atoms with E-state index in [0.717, 1.165) is 18.0 Å². The third-order valence-corrected chi connectivity index (χ3v) is 4.41. The molecule has 0 atom stereocenters. The van der Waals surface area contributed by atoms with Crippen molar-refractivity contribution in [1.29, 1.82) is 0 Å². The Labute approximate surface area is 121 Å². The van der Waals surface area contributed by atoms with Crippen LogP contribution in [0, 0.1) is 6.92 Å². The normalized spacial score (nSPS) is 16.0. The minimum atomic E-state index is -0.865. The van der Waals surface area contributed by atoms with Crippen LogP contribution in [0.5, 0.6) is 0 Å². The maximum absolute atomic E-state index is 11.6. The number of likely N-dealkylation sites (tertiary alicyclic amines) is 1. The van der Waals surface area contributed by atoms with Gasteiger partial charge in [0.15, 0.2) is 5.13 Å². The van der Waals surface area contributed by atoms with Crippen LogP contribution in [0.1, 0.15) is 28.2 Å². The molecule has 20 heavy (non-hydrogen) atoms. The molecular weight excluding hydrogens is 280 g/mol. The van der Waals surface area contributed by atoms with E-state index in [1.165, 1.54) is 16.2 Å². The number of nitrogens with one attached hydrogen (secondary N) is 2. The van der Waals surface area contributed by atoms with Crippen molar-refractivity contribution >= 4 is 28.5 Å². The van der Waals surface area contributed by atoms with Gasteiger partial charge in [0.05, 0.1) is 5.69 Å². The molecule has 2 rings (SSSR count). The quantitative estimate of drug-likeness (QED) is 0.783. The van der Waals surface area contributed by atoms with Gasteiger partial charge in [0.1, 0.15) is 4.88 Å². The van der Waals surface area contributed by atoms with Gasteiger partial charge in [-0.2, -0.15) is 0 Å². The smallest absolute Gasteiger partial charge is 0.407 e. The zero-order valence-electron chi connectivity index (χ0n) is 11.5. The molecule has 0 radical (unpaired) electrons. The fraction of sp³-hybridized carbons (Fsp3) is 0.583. The van der Waals surface area contributed by atoms with E-state index in [2.05, 4.69) is 15.6 Å². The first kappa shape index (κ1) is 14.6. The number of aryl methyl sites for hydroxylation is 1. The highest BCUT2D eigenvalue weighted by Gasteiger charge is 2.23. The summed E-state index contributed by atoms with van der Waals surface area (Å²) < 4.78 is 0. The second-order valence-electron chi connectivity index (χ2n) is 4.70. The molecule has 1 aliphatic heterocycles. The molecule has 7 nitrogen and oxygen atoms in total. The lowest BCUT2D eigenvalue weighted by atomic mass is 10.1. The predicted molar refractivity (Wildman–Crippen MR) is 76.5 cm³/mol. The molecule has 8 heteroatoms. The molecule has 0 unspecified atom stereocenters. The highest BCUT2D eigenvalue weighted by Crippen LogP contribution is 2.25. The minimum Gasteiger partial charge on any atom is -0.465 e. The maximum Gasteiger partial charge on any atom is 0.407 e. The van der Waals surface area contributed by atoms with Crippen molar-refractivity contribution in [2.45, 2.75) is 25.8 Å². The summed E-state index contributed by atoms with van der Waals surface area (Å²) in [4.78, 5) is 28.8. The lowest BCUT2D eigenvalue weighted by Gasteiger charge is -2.30. The number of piperidine rings is 1. The van der Waals surface area contributed by atoms with E-state index < -0.39 is 6.09 Å². The summed E-state index contributed by atoms with van der Waals surface area (Å²) >= 11 is 1.33. The molecule has 2 heterocycles. The molecule has 1 aromatic heterocycles. The Hall–Kier alpha value is -1.83. The van der Waals surface area contributed by atoms with E-state index in [0.29, 0.717) is 23.7 Å². The molecule has 110 valence electrons. The van der Waals surface area contributed by atoms with Crippen LogP contribution in [0.3, 0.4) is 0 Å². The van der Waals surface area contributed by atoms with Gasteiger partial charge in [-0.25, -0.2) is 9.78 Å². The van der Waals surface area contributed by atoms with Crippen LogP contribution in [0.25, 0.3) is 0 Å². The van der Waals surface area contributed by atoms with Crippen LogP contribution < -0.4 is 10.6 Å². The number of thiazole rings is 1. The van der Waals surface area contributed by atoms with Crippen LogP contribution in [0.2, 0.25) is 0 Å². The van der Waals surface area contributed by atoms with Gasteiger partial charge in [0, 0.05) is 26.2 Å². The second kappa shape index (κ2) is 6.08. The Bertz CT molecular complexity index is 509. The molecule has 1 aliphatic rings. The Morgan fingerprint density at radius 1 is 1.40 bits per heavy atom. The Kier molecular flexibility index (Phi) is 4.43. The third kappa shape index (κ3) is 3.19. The van der Waals surface area contributed by atoms with Crippen LogP contribution in [0.15, 0.2) is 0 Å². The average Bonchev–Trinajstić information content (AvgIpc) is 2.79. The first-order valence-corrected chi connectivity index (χ1v) is 7.27. The molecule has 0 saturated carbocycles. The van der Waals surface area contributed by atoms with E-state index in [1.54, 1.807) is 14.0 Å². The SMILES string of the molecule is CNC(=O)c1sc(NC2CCN(C(=O)O)CC2)nc1C. The Morgan fingerprint density at radius 3 is 2.60 bits per heavy atom. The largest absolute Gasteiger partial charge is 0.465 e. The van der Waals surface area contributed by atoms with Gasteiger partial charge >= 0.3 is 6.09 Å². The number of hydrogen-bond acceptors (Lipinski definition) is 5. The lowest BCUT2D eigenvalue weighted by Crippen LogP contribution is -2.41. The summed E-state index contributed by atoms with van der Waals surface area (Å²) in [5, 5.41) is 15.5. The molecule has 3 N–H and O–H groups in total. The van der Waals surface area contributed by atoms with Gasteiger partial charge in [0.25, 0.3) is 5.91 Å². The van der Waals surface area contributed by atoms with Gasteiger partial charge in [-0.1, -0.05) is 11.3 Å². The fourth-order valence-corrected chi connectivity index (χ4v) is 3.16. The minimum absolute atomic E-state index is 0.131. The van der Waals surface area contributed by atoms with Gasteiger partial charge in [-0.3, -0.25) is 4.79 Å². The van der Waals surface area contributed by atoms with Crippen molar-refractivity contribution in [2.24, 2.45) is 0 Å². The number of nitrogens with zero attached hydrogens (tertiary/aromatic N) is 2. The van der Waals surface area contributed by atoms with E-state index in [4.69, 9.17) is 5.11 Å². The molecule has 0 aromatic carbocycles. The van der Waals surface area contributed by atoms with E-state index in [-0.39, 0.29) is 11.9 Å². The molecule has 0 bridgehead atoms. The highest BCUT2D eigenvalue weighted by molar-refractivity contribution is 7.17. The van der Waals surface area contributed by atoms with Crippen LogP contribution in [-0.4, -0.2) is 53.2 Å². The van der Waals surface area contributed by atoms with Crippen LogP contribution in [-0.2, 0) is 0 Å². The Morgan fingerprint density at radius 2 is 2.05 bits per heavy atom. The Balaban J connectivity index is 1.95. The number of carbonyl (C=O) groups is 2. The summed E-state index contributed by atoms with van der Waals surface area (Å²) in [7, 11) is 1.59. The number of amides is 2. The van der Waals surface area contributed by atoms with Crippen LogP contribution in [0.4, 0.5) is 9.93 Å². The number of anilines is 1. The zero-order chi connectivity index (χ0) is 14.7. The number of carbonyl (C=O) groups excluding carboxylic acids is 1. The number of carboxylic acid groups (broad SMARTS) is 1. The summed E-state index contributed by atoms with van der Waals surface area (Å²) in [5.41, 5.74) is 0.708. The van der Waals surface area contributed by atoms with Crippen molar-refractivity contribution in [3.05, 3.63) is 10.6 Å². The monoisotopic (exact) mass is 298 g/mol. The topological polar surface area (TPSA) is 94.6 Å². The zero-order valence-corrected chi connectivity index (χ0v) is 12.3. The summed E-state index contributed by atoms with van der Waals surface area (Å²) in [6.45, 7) is 2.86. The van der Waals surface area contributed by atoms with Gasteiger partial charge in [-0.05, 0) is 19.8 Å². The first-order valence-electron chi connectivity index (χ1n) is 6.45. The number of aromatic nitrogens is 1. The molecule has 1 aromatic rings. The summed E-state index contributed by atoms with van der Waals surface area (Å²) in [6.07, 6.45) is 0.635. The molecular formula is C12H18N4O3S. The molecule has 0 aliphatic carbocycles.